The average Bonchev–Trinajstić information content (AvgIpc) is 3.30. The summed E-state index contributed by atoms with van der Waals surface area (Å²) in [5.41, 5.74) is 3.16. The number of aromatic amines is 1. The predicted molar refractivity (Wildman–Crippen MR) is 113 cm³/mol. The molecule has 1 aliphatic rings. The molecule has 0 amide bonds. The number of esters is 1. The van der Waals surface area contributed by atoms with Crippen LogP contribution in [-0.2, 0) is 25.5 Å². The third-order valence-electron chi connectivity index (χ3n) is 4.76. The molecule has 0 saturated carbocycles. The van der Waals surface area contributed by atoms with Crippen LogP contribution in [0.2, 0.25) is 0 Å². The maximum Gasteiger partial charge on any atom is 0.347 e. The van der Waals surface area contributed by atoms with Gasteiger partial charge in [0.05, 0.1) is 6.61 Å². The standard InChI is InChI=1S/C23H21N3O4/c1-3-14-7-9-16(10-8-14)26-22-19(23(28)29-4-2)20(27)18(30-22)12-15-13-25-21-17(15)6-5-11-24-21/h5-13,26H,3-4H2,1-2H3,(H,24,25)/b18-12-. The van der Waals surface area contributed by atoms with E-state index in [1.54, 1.807) is 25.4 Å². The van der Waals surface area contributed by atoms with Crippen LogP contribution in [0.4, 0.5) is 5.69 Å². The van der Waals surface area contributed by atoms with Crippen molar-refractivity contribution in [2.24, 2.45) is 0 Å². The Morgan fingerprint density at radius 2 is 2.03 bits per heavy atom. The van der Waals surface area contributed by atoms with Crippen molar-refractivity contribution in [3.63, 3.8) is 0 Å². The molecule has 0 aliphatic carbocycles. The molecule has 7 nitrogen and oxygen atoms in total. The summed E-state index contributed by atoms with van der Waals surface area (Å²) < 4.78 is 10.9. The Hall–Kier alpha value is -3.87. The van der Waals surface area contributed by atoms with E-state index in [9.17, 15) is 9.59 Å². The third-order valence-corrected chi connectivity index (χ3v) is 4.76. The lowest BCUT2D eigenvalue weighted by atomic mass is 10.1. The van der Waals surface area contributed by atoms with Crippen LogP contribution in [0.3, 0.4) is 0 Å². The van der Waals surface area contributed by atoms with Gasteiger partial charge in [-0.2, -0.15) is 0 Å². The van der Waals surface area contributed by atoms with Crippen LogP contribution in [0.1, 0.15) is 25.0 Å². The number of ketones is 1. The van der Waals surface area contributed by atoms with Gasteiger partial charge in [0.1, 0.15) is 5.65 Å². The van der Waals surface area contributed by atoms with Crippen LogP contribution in [-0.4, -0.2) is 28.3 Å². The van der Waals surface area contributed by atoms with Crippen LogP contribution >= 0.6 is 0 Å². The summed E-state index contributed by atoms with van der Waals surface area (Å²) in [7, 11) is 0. The summed E-state index contributed by atoms with van der Waals surface area (Å²) in [5.74, 6) is -1.15. The molecular weight excluding hydrogens is 382 g/mol. The van der Waals surface area contributed by atoms with Gasteiger partial charge < -0.3 is 19.8 Å². The van der Waals surface area contributed by atoms with Crippen molar-refractivity contribution in [2.45, 2.75) is 20.3 Å². The first-order chi connectivity index (χ1) is 14.6. The molecular formula is C23H21N3O4. The Morgan fingerprint density at radius 1 is 1.23 bits per heavy atom. The van der Waals surface area contributed by atoms with E-state index in [1.807, 2.05) is 36.4 Å². The monoisotopic (exact) mass is 403 g/mol. The van der Waals surface area contributed by atoms with Crippen molar-refractivity contribution in [1.82, 2.24) is 9.97 Å². The van der Waals surface area contributed by atoms with E-state index < -0.39 is 11.8 Å². The van der Waals surface area contributed by atoms with E-state index in [0.717, 1.165) is 17.4 Å². The SMILES string of the molecule is CCOC(=O)C1=C(Nc2ccc(CC)cc2)O/C(=C\c2c[nH]c3ncccc23)C1=O. The molecule has 30 heavy (non-hydrogen) atoms. The fourth-order valence-corrected chi connectivity index (χ4v) is 3.20. The smallest absolute Gasteiger partial charge is 0.347 e. The number of Topliss-reactive ketones (excluding diaryl/α,β-unsaturated/α-hetero) is 1. The lowest BCUT2D eigenvalue weighted by Crippen LogP contribution is -2.16. The van der Waals surface area contributed by atoms with Gasteiger partial charge in [-0.1, -0.05) is 19.1 Å². The zero-order valence-electron chi connectivity index (χ0n) is 16.7. The minimum atomic E-state index is -0.723. The van der Waals surface area contributed by atoms with Crippen molar-refractivity contribution in [2.75, 3.05) is 11.9 Å². The van der Waals surface area contributed by atoms with E-state index in [4.69, 9.17) is 9.47 Å². The van der Waals surface area contributed by atoms with Crippen LogP contribution in [0.25, 0.3) is 17.1 Å². The van der Waals surface area contributed by atoms with Crippen LogP contribution in [0.5, 0.6) is 0 Å². The number of aromatic nitrogens is 2. The molecule has 7 heteroatoms. The molecule has 0 unspecified atom stereocenters. The zero-order valence-corrected chi connectivity index (χ0v) is 16.7. The lowest BCUT2D eigenvalue weighted by Gasteiger charge is -2.09. The number of nitrogens with one attached hydrogen (secondary N) is 2. The molecule has 152 valence electrons. The van der Waals surface area contributed by atoms with Crippen molar-refractivity contribution in [3.8, 4) is 0 Å². The minimum absolute atomic E-state index is 0.0375. The number of nitrogens with zero attached hydrogens (tertiary/aromatic N) is 1. The molecule has 0 saturated heterocycles. The number of anilines is 1. The van der Waals surface area contributed by atoms with Gasteiger partial charge in [0.2, 0.25) is 11.7 Å². The maximum absolute atomic E-state index is 13.0. The first-order valence-electron chi connectivity index (χ1n) is 9.74. The fourth-order valence-electron chi connectivity index (χ4n) is 3.20. The van der Waals surface area contributed by atoms with Crippen molar-refractivity contribution in [3.05, 3.63) is 77.1 Å². The van der Waals surface area contributed by atoms with Crippen molar-refractivity contribution < 1.29 is 19.1 Å². The lowest BCUT2D eigenvalue weighted by molar-refractivity contribution is -0.139. The number of ether oxygens (including phenoxy) is 2. The average molecular weight is 403 g/mol. The van der Waals surface area contributed by atoms with E-state index in [0.29, 0.717) is 11.3 Å². The Labute approximate surface area is 173 Å². The number of carbonyl (C=O) groups excluding carboxylic acids is 2. The highest BCUT2D eigenvalue weighted by molar-refractivity contribution is 6.26. The van der Waals surface area contributed by atoms with Gasteiger partial charge in [-0.15, -0.1) is 0 Å². The summed E-state index contributed by atoms with van der Waals surface area (Å²) in [4.78, 5) is 32.7. The highest BCUT2D eigenvalue weighted by Gasteiger charge is 2.37. The Bertz CT molecular complexity index is 1170. The number of hydrogen-bond acceptors (Lipinski definition) is 6. The number of hydrogen-bond donors (Lipinski definition) is 2. The molecule has 2 N–H and O–H groups in total. The molecule has 1 aromatic carbocycles. The summed E-state index contributed by atoms with van der Waals surface area (Å²) in [5, 5.41) is 3.88. The summed E-state index contributed by atoms with van der Waals surface area (Å²) >= 11 is 0. The number of fused-ring (bicyclic) bond motifs is 1. The highest BCUT2D eigenvalue weighted by atomic mass is 16.5. The molecule has 3 heterocycles. The van der Waals surface area contributed by atoms with Crippen LogP contribution in [0.15, 0.2) is 66.0 Å². The van der Waals surface area contributed by atoms with Crippen LogP contribution in [0, 0.1) is 0 Å². The number of rotatable bonds is 6. The highest BCUT2D eigenvalue weighted by Crippen LogP contribution is 2.30. The van der Waals surface area contributed by atoms with Gasteiger partial charge >= 0.3 is 5.97 Å². The van der Waals surface area contributed by atoms with Crippen LogP contribution < -0.4 is 5.32 Å². The molecule has 1 aliphatic heterocycles. The van der Waals surface area contributed by atoms with Crippen molar-refractivity contribution in [1.29, 1.82) is 0 Å². The second-order valence-corrected chi connectivity index (χ2v) is 6.68. The number of allylic oxidation sites excluding steroid dienone is 1. The van der Waals surface area contributed by atoms with E-state index >= 15 is 0 Å². The van der Waals surface area contributed by atoms with Gasteiger partial charge in [-0.3, -0.25) is 4.79 Å². The molecule has 3 aromatic rings. The molecule has 0 bridgehead atoms. The summed E-state index contributed by atoms with van der Waals surface area (Å²) in [6, 6.07) is 11.4. The number of benzene rings is 1. The third kappa shape index (κ3) is 3.69. The molecule has 4 rings (SSSR count). The largest absolute Gasteiger partial charge is 0.462 e. The predicted octanol–water partition coefficient (Wildman–Crippen LogP) is 3.95. The molecule has 2 aromatic heterocycles. The quantitative estimate of drug-likeness (QED) is 0.368. The maximum atomic E-state index is 13.0. The first kappa shape index (κ1) is 19.4. The number of carbonyl (C=O) groups is 2. The summed E-state index contributed by atoms with van der Waals surface area (Å²) in [6.07, 6.45) is 5.93. The first-order valence-corrected chi connectivity index (χ1v) is 9.74. The number of H-pyrrole nitrogens is 1. The van der Waals surface area contributed by atoms with Gasteiger partial charge in [0.15, 0.2) is 11.3 Å². The van der Waals surface area contributed by atoms with E-state index in [-0.39, 0.29) is 23.8 Å². The van der Waals surface area contributed by atoms with Crippen molar-refractivity contribution >= 4 is 34.5 Å². The second-order valence-electron chi connectivity index (χ2n) is 6.68. The Balaban J connectivity index is 1.68. The fraction of sp³-hybridized carbons (Fsp3) is 0.174. The Morgan fingerprint density at radius 3 is 2.77 bits per heavy atom. The van der Waals surface area contributed by atoms with Gasteiger partial charge in [-0.05, 0) is 49.2 Å². The molecule has 0 fully saturated rings. The normalized spacial score (nSPS) is 15.0. The van der Waals surface area contributed by atoms with E-state index in [2.05, 4.69) is 22.2 Å². The summed E-state index contributed by atoms with van der Waals surface area (Å²) in [6.45, 7) is 3.91. The number of pyridine rings is 1. The zero-order chi connectivity index (χ0) is 21.1. The van der Waals surface area contributed by atoms with Gasteiger partial charge in [0, 0.05) is 29.0 Å². The molecule has 0 spiro atoms. The topological polar surface area (TPSA) is 93.3 Å². The Kier molecular flexibility index (Phi) is 5.34. The van der Waals surface area contributed by atoms with E-state index in [1.165, 1.54) is 5.56 Å². The molecule has 0 radical (unpaired) electrons. The number of aryl methyl sites for hydroxylation is 1. The minimum Gasteiger partial charge on any atom is -0.462 e. The van der Waals surface area contributed by atoms with Gasteiger partial charge in [-0.25, -0.2) is 9.78 Å². The second kappa shape index (κ2) is 8.24. The van der Waals surface area contributed by atoms with Gasteiger partial charge in [0.25, 0.3) is 0 Å². The molecule has 0 atom stereocenters.